The zero-order valence-electron chi connectivity index (χ0n) is 48.2. The van der Waals surface area contributed by atoms with Crippen molar-refractivity contribution in [1.82, 2.24) is 5.32 Å². The predicted molar refractivity (Wildman–Crippen MR) is 310 cm³/mol. The molecule has 71 heavy (non-hydrogen) atoms. The maximum atomic E-state index is 12.5. The van der Waals surface area contributed by atoms with Gasteiger partial charge in [-0.25, -0.2) is 0 Å². The number of unbranched alkanes of at least 4 members (excludes halogenated alkanes) is 48. The smallest absolute Gasteiger partial charge is 0.305 e. The van der Waals surface area contributed by atoms with Crippen LogP contribution >= 0.6 is 0 Å². The number of allylic oxidation sites excluding steroid dienone is 2. The van der Waals surface area contributed by atoms with Crippen LogP contribution in [0.5, 0.6) is 0 Å². The summed E-state index contributed by atoms with van der Waals surface area (Å²) in [6, 6.07) is -0.542. The number of esters is 1. The molecule has 0 spiro atoms. The molecule has 6 heteroatoms. The Morgan fingerprint density at radius 1 is 0.380 bits per heavy atom. The summed E-state index contributed by atoms with van der Waals surface area (Å²) in [6.07, 6.45) is 73.7. The summed E-state index contributed by atoms with van der Waals surface area (Å²) in [6.45, 7) is 4.96. The molecule has 0 aliphatic heterocycles. The molecule has 0 heterocycles. The molecule has 0 bridgehead atoms. The Labute approximate surface area is 444 Å². The van der Waals surface area contributed by atoms with E-state index < -0.39 is 12.1 Å². The Bertz CT molecular complexity index is 1060. The van der Waals surface area contributed by atoms with Crippen LogP contribution in [0.4, 0.5) is 0 Å². The van der Waals surface area contributed by atoms with Gasteiger partial charge in [0.1, 0.15) is 0 Å². The number of nitrogens with one attached hydrogen (secondary N) is 1. The highest BCUT2D eigenvalue weighted by Gasteiger charge is 2.20. The molecule has 0 rings (SSSR count). The monoisotopic (exact) mass is 1000 g/mol. The van der Waals surface area contributed by atoms with E-state index in [0.717, 1.165) is 44.9 Å². The number of hydrogen-bond donors (Lipinski definition) is 3. The lowest BCUT2D eigenvalue weighted by atomic mass is 10.0. The lowest BCUT2D eigenvalue weighted by molar-refractivity contribution is -0.143. The molecule has 1 amide bonds. The van der Waals surface area contributed by atoms with Crippen molar-refractivity contribution >= 4 is 11.9 Å². The highest BCUT2D eigenvalue weighted by atomic mass is 16.5. The summed E-state index contributed by atoms with van der Waals surface area (Å²) in [5, 5.41) is 23.4. The van der Waals surface area contributed by atoms with Gasteiger partial charge in [0, 0.05) is 12.8 Å². The summed E-state index contributed by atoms with van der Waals surface area (Å²) in [5.74, 6) is -0.0271. The van der Waals surface area contributed by atoms with Crippen LogP contribution in [0.1, 0.15) is 367 Å². The molecule has 2 atom stereocenters. The van der Waals surface area contributed by atoms with E-state index in [9.17, 15) is 19.8 Å². The van der Waals surface area contributed by atoms with Gasteiger partial charge >= 0.3 is 5.97 Å². The third kappa shape index (κ3) is 57.7. The first kappa shape index (κ1) is 69.6. The number of hydrogen-bond acceptors (Lipinski definition) is 5. The van der Waals surface area contributed by atoms with E-state index in [2.05, 4.69) is 31.3 Å². The summed E-state index contributed by atoms with van der Waals surface area (Å²) >= 11 is 0. The molecule has 6 nitrogen and oxygen atoms in total. The highest BCUT2D eigenvalue weighted by Crippen LogP contribution is 2.19. The normalized spacial score (nSPS) is 12.6. The first-order chi connectivity index (χ1) is 35.0. The number of ether oxygens (including phenoxy) is 1. The maximum absolute atomic E-state index is 12.5. The Kier molecular flexibility index (Phi) is 59.9. The summed E-state index contributed by atoms with van der Waals surface area (Å²) < 4.78 is 5.47. The Morgan fingerprint density at radius 3 is 1.03 bits per heavy atom. The van der Waals surface area contributed by atoms with Gasteiger partial charge in [-0.2, -0.15) is 0 Å². The zero-order valence-corrected chi connectivity index (χ0v) is 48.2. The second kappa shape index (κ2) is 61.1. The lowest BCUT2D eigenvalue weighted by Gasteiger charge is -2.22. The molecule has 2 unspecified atom stereocenters. The van der Waals surface area contributed by atoms with E-state index in [0.29, 0.717) is 25.9 Å². The van der Waals surface area contributed by atoms with Crippen LogP contribution in [0.25, 0.3) is 0 Å². The third-order valence-corrected chi connectivity index (χ3v) is 15.3. The quantitative estimate of drug-likeness (QED) is 0.0320. The van der Waals surface area contributed by atoms with E-state index >= 15 is 0 Å². The number of amides is 1. The standard InChI is InChI=1S/C65H127NO5/c1-3-5-7-9-11-13-15-17-18-19-20-25-28-31-34-37-41-45-49-53-57-63(68)62(61-67)66-64(69)58-54-50-46-42-38-35-32-29-26-23-21-22-24-27-30-33-36-40-44-48-52-56-60-71-65(70)59-55-51-47-43-39-16-14-12-10-8-6-4-2/h12,14,62-63,67-68H,3-11,13,15-61H2,1-2H3,(H,66,69)/b14-12-. The fourth-order valence-corrected chi connectivity index (χ4v) is 10.3. The van der Waals surface area contributed by atoms with Crippen LogP contribution in [-0.2, 0) is 14.3 Å². The molecular formula is C65H127NO5. The van der Waals surface area contributed by atoms with Crippen molar-refractivity contribution in [2.24, 2.45) is 0 Å². The van der Waals surface area contributed by atoms with Crippen LogP contribution in [0.15, 0.2) is 12.2 Å². The number of aliphatic hydroxyl groups is 2. The van der Waals surface area contributed by atoms with Crippen molar-refractivity contribution in [3.05, 3.63) is 12.2 Å². The number of carbonyl (C=O) groups excluding carboxylic acids is 2. The molecule has 0 aliphatic carbocycles. The molecule has 0 aromatic heterocycles. The highest BCUT2D eigenvalue weighted by molar-refractivity contribution is 5.76. The van der Waals surface area contributed by atoms with E-state index in [-0.39, 0.29) is 18.5 Å². The lowest BCUT2D eigenvalue weighted by Crippen LogP contribution is -2.45. The van der Waals surface area contributed by atoms with Gasteiger partial charge < -0.3 is 20.3 Å². The van der Waals surface area contributed by atoms with Crippen molar-refractivity contribution in [3.63, 3.8) is 0 Å². The minimum atomic E-state index is -0.665. The van der Waals surface area contributed by atoms with Gasteiger partial charge in [0.2, 0.25) is 5.91 Å². The van der Waals surface area contributed by atoms with Crippen molar-refractivity contribution < 1.29 is 24.5 Å². The molecule has 0 aromatic carbocycles. The topological polar surface area (TPSA) is 95.9 Å². The van der Waals surface area contributed by atoms with Crippen LogP contribution < -0.4 is 5.32 Å². The average molecular weight is 1000 g/mol. The molecule has 0 radical (unpaired) electrons. The number of carbonyl (C=O) groups is 2. The van der Waals surface area contributed by atoms with Gasteiger partial charge in [0.15, 0.2) is 0 Å². The molecule has 422 valence electrons. The average Bonchev–Trinajstić information content (AvgIpc) is 3.37. The van der Waals surface area contributed by atoms with E-state index in [1.54, 1.807) is 0 Å². The minimum absolute atomic E-state index is 0.00405. The zero-order chi connectivity index (χ0) is 51.4. The maximum Gasteiger partial charge on any atom is 0.305 e. The van der Waals surface area contributed by atoms with Gasteiger partial charge in [0.05, 0.1) is 25.4 Å². The molecular weight excluding hydrogens is 875 g/mol. The summed E-state index contributed by atoms with van der Waals surface area (Å²) in [4.78, 5) is 24.5. The molecule has 3 N–H and O–H groups in total. The van der Waals surface area contributed by atoms with Gasteiger partial charge in [-0.3, -0.25) is 9.59 Å². The number of rotatable bonds is 61. The molecule has 0 fully saturated rings. The second-order valence-corrected chi connectivity index (χ2v) is 22.5. The summed E-state index contributed by atoms with van der Waals surface area (Å²) in [5.41, 5.74) is 0. The van der Waals surface area contributed by atoms with Crippen molar-refractivity contribution in [3.8, 4) is 0 Å². The van der Waals surface area contributed by atoms with Crippen LogP contribution in [-0.4, -0.2) is 47.4 Å². The minimum Gasteiger partial charge on any atom is -0.466 e. The van der Waals surface area contributed by atoms with Gasteiger partial charge in [-0.05, 0) is 51.4 Å². The Morgan fingerprint density at radius 2 is 0.662 bits per heavy atom. The van der Waals surface area contributed by atoms with E-state index in [4.69, 9.17) is 4.74 Å². The van der Waals surface area contributed by atoms with Crippen LogP contribution in [0, 0.1) is 0 Å². The van der Waals surface area contributed by atoms with Gasteiger partial charge in [-0.1, -0.05) is 315 Å². The fraction of sp³-hybridized carbons (Fsp3) is 0.938. The van der Waals surface area contributed by atoms with Crippen LogP contribution in [0.2, 0.25) is 0 Å². The van der Waals surface area contributed by atoms with Gasteiger partial charge in [0.25, 0.3) is 0 Å². The van der Waals surface area contributed by atoms with Crippen molar-refractivity contribution in [1.29, 1.82) is 0 Å². The van der Waals surface area contributed by atoms with Gasteiger partial charge in [-0.15, -0.1) is 0 Å². The first-order valence-corrected chi connectivity index (χ1v) is 32.4. The van der Waals surface area contributed by atoms with Crippen molar-refractivity contribution in [2.45, 2.75) is 379 Å². The molecule has 0 aromatic rings. The Balaban J connectivity index is 3.38. The Hall–Kier alpha value is -1.40. The largest absolute Gasteiger partial charge is 0.466 e. The van der Waals surface area contributed by atoms with E-state index in [1.165, 1.54) is 289 Å². The molecule has 0 saturated carbocycles. The van der Waals surface area contributed by atoms with Crippen LogP contribution in [0.3, 0.4) is 0 Å². The second-order valence-electron chi connectivity index (χ2n) is 22.5. The molecule has 0 saturated heterocycles. The number of aliphatic hydroxyl groups excluding tert-OH is 2. The fourth-order valence-electron chi connectivity index (χ4n) is 10.3. The van der Waals surface area contributed by atoms with E-state index in [1.807, 2.05) is 0 Å². The molecule has 0 aliphatic rings. The predicted octanol–water partition coefficient (Wildman–Crippen LogP) is 20.4. The third-order valence-electron chi connectivity index (χ3n) is 15.3. The van der Waals surface area contributed by atoms with Crippen molar-refractivity contribution in [2.75, 3.05) is 13.2 Å². The SMILES string of the molecule is CCCCC/C=C\CCCCCCCC(=O)OCCCCCCCCCCCCCCCCCCCCCCCCC(=O)NC(CO)C(O)CCCCCCCCCCCCCCCCCCCCCC. The summed E-state index contributed by atoms with van der Waals surface area (Å²) in [7, 11) is 0. The first-order valence-electron chi connectivity index (χ1n) is 32.4.